The average molecular weight is 324 g/mol. The molecule has 0 aromatic heterocycles. The molecule has 2 amide bonds. The maximum absolute atomic E-state index is 12.4. The zero-order valence-corrected chi connectivity index (χ0v) is 13.3. The lowest BCUT2D eigenvalue weighted by molar-refractivity contribution is -0.138. The monoisotopic (exact) mass is 323 g/mol. The van der Waals surface area contributed by atoms with Crippen LogP contribution in [0.15, 0.2) is 30.0 Å². The minimum atomic E-state index is -0.667. The predicted octanol–water partition coefficient (Wildman–Crippen LogP) is 2.79. The Morgan fingerprint density at radius 1 is 1.18 bits per heavy atom. The van der Waals surface area contributed by atoms with E-state index >= 15 is 0 Å². The van der Waals surface area contributed by atoms with E-state index in [1.165, 1.54) is 0 Å². The number of nitrogens with zero attached hydrogens (tertiary/aromatic N) is 1. The maximum Gasteiger partial charge on any atom is 0.296 e. The Bertz CT molecular complexity index is 607. The van der Waals surface area contributed by atoms with Crippen molar-refractivity contribution < 1.29 is 19.4 Å². The van der Waals surface area contributed by atoms with Crippen LogP contribution in [0.2, 0.25) is 5.02 Å². The summed E-state index contributed by atoms with van der Waals surface area (Å²) in [6.07, 6.45) is 0.623. The third kappa shape index (κ3) is 3.48. The van der Waals surface area contributed by atoms with Gasteiger partial charge in [-0.2, -0.15) is 0 Å². The van der Waals surface area contributed by atoms with Gasteiger partial charge in [-0.3, -0.25) is 14.5 Å². The summed E-state index contributed by atoms with van der Waals surface area (Å²) in [6.45, 7) is 4.49. The second-order valence-corrected chi connectivity index (χ2v) is 5.70. The molecule has 0 saturated carbocycles. The van der Waals surface area contributed by atoms with Gasteiger partial charge in [0.2, 0.25) is 0 Å². The van der Waals surface area contributed by atoms with Crippen LogP contribution in [-0.4, -0.2) is 41.1 Å². The van der Waals surface area contributed by atoms with Gasteiger partial charge in [-0.15, -0.1) is 0 Å². The van der Waals surface area contributed by atoms with Gasteiger partial charge in [0.1, 0.15) is 0 Å². The lowest BCUT2D eigenvalue weighted by Gasteiger charge is -2.15. The molecule has 0 fully saturated rings. The number of hydrogen-bond acceptors (Lipinski definition) is 4. The van der Waals surface area contributed by atoms with Gasteiger partial charge in [-0.25, -0.2) is 0 Å². The number of imide groups is 1. The molecule has 2 rings (SSSR count). The van der Waals surface area contributed by atoms with Gasteiger partial charge in [0, 0.05) is 18.2 Å². The Morgan fingerprint density at radius 2 is 1.82 bits per heavy atom. The van der Waals surface area contributed by atoms with Crippen molar-refractivity contribution in [1.82, 2.24) is 4.90 Å². The van der Waals surface area contributed by atoms with Crippen molar-refractivity contribution in [3.63, 3.8) is 0 Å². The van der Waals surface area contributed by atoms with Crippen LogP contribution in [0.4, 0.5) is 0 Å². The van der Waals surface area contributed by atoms with Crippen LogP contribution in [0.1, 0.15) is 25.8 Å². The van der Waals surface area contributed by atoms with Gasteiger partial charge in [0.25, 0.3) is 11.8 Å². The number of halogens is 1. The molecule has 22 heavy (non-hydrogen) atoms. The first kappa shape index (κ1) is 16.5. The van der Waals surface area contributed by atoms with Crippen LogP contribution < -0.4 is 0 Å². The molecule has 1 aromatic rings. The molecule has 0 spiro atoms. The quantitative estimate of drug-likeness (QED) is 0.645. The largest absolute Gasteiger partial charge is 0.502 e. The van der Waals surface area contributed by atoms with Crippen molar-refractivity contribution in [3.05, 3.63) is 40.6 Å². The number of carbonyl (C=O) groups is 2. The van der Waals surface area contributed by atoms with E-state index in [1.807, 2.05) is 13.8 Å². The number of aliphatic hydroxyl groups excluding tert-OH is 1. The topological polar surface area (TPSA) is 66.8 Å². The summed E-state index contributed by atoms with van der Waals surface area (Å²) in [6, 6.07) is 6.41. The first-order valence-electron chi connectivity index (χ1n) is 7.08. The van der Waals surface area contributed by atoms with Crippen molar-refractivity contribution >= 4 is 29.0 Å². The maximum atomic E-state index is 12.4. The second kappa shape index (κ2) is 6.94. The van der Waals surface area contributed by atoms with Crippen molar-refractivity contribution in [1.29, 1.82) is 0 Å². The predicted molar refractivity (Wildman–Crippen MR) is 83.4 cm³/mol. The number of amides is 2. The fourth-order valence-corrected chi connectivity index (χ4v) is 2.31. The van der Waals surface area contributed by atoms with E-state index in [0.717, 1.165) is 4.90 Å². The lowest BCUT2D eigenvalue weighted by Crippen LogP contribution is -2.33. The third-order valence-electron chi connectivity index (χ3n) is 3.25. The standard InChI is InChI=1S/C16H18ClNO4/c1-10(2)22-9-3-8-18-15(20)13(14(19)16(18)21)11-4-6-12(17)7-5-11/h4-7,10,19H,3,8-9H2,1-2H3. The van der Waals surface area contributed by atoms with Gasteiger partial charge in [-0.1, -0.05) is 23.7 Å². The van der Waals surface area contributed by atoms with E-state index in [4.69, 9.17) is 16.3 Å². The van der Waals surface area contributed by atoms with Crippen LogP contribution >= 0.6 is 11.6 Å². The highest BCUT2D eigenvalue weighted by Gasteiger charge is 2.38. The minimum Gasteiger partial charge on any atom is -0.502 e. The lowest BCUT2D eigenvalue weighted by atomic mass is 10.1. The summed E-state index contributed by atoms with van der Waals surface area (Å²) in [5.74, 6) is -1.68. The number of rotatable bonds is 6. The summed E-state index contributed by atoms with van der Waals surface area (Å²) < 4.78 is 5.38. The number of aliphatic hydroxyl groups is 1. The zero-order valence-electron chi connectivity index (χ0n) is 12.5. The molecular weight excluding hydrogens is 306 g/mol. The number of ether oxygens (including phenoxy) is 1. The number of hydrogen-bond donors (Lipinski definition) is 1. The summed E-state index contributed by atoms with van der Waals surface area (Å²) in [5, 5.41) is 10.5. The van der Waals surface area contributed by atoms with E-state index in [9.17, 15) is 14.7 Å². The number of carbonyl (C=O) groups excluding carboxylic acids is 2. The summed E-state index contributed by atoms with van der Waals surface area (Å²) >= 11 is 5.80. The first-order valence-corrected chi connectivity index (χ1v) is 7.46. The minimum absolute atomic E-state index is 0.0199. The van der Waals surface area contributed by atoms with E-state index < -0.39 is 17.6 Å². The Hall–Kier alpha value is -1.85. The van der Waals surface area contributed by atoms with E-state index in [1.54, 1.807) is 24.3 Å². The second-order valence-electron chi connectivity index (χ2n) is 5.27. The van der Waals surface area contributed by atoms with Crippen LogP contribution in [0.3, 0.4) is 0 Å². The Labute approximate surface area is 134 Å². The molecule has 6 heteroatoms. The molecule has 0 aliphatic carbocycles. The molecule has 0 radical (unpaired) electrons. The highest BCUT2D eigenvalue weighted by atomic mass is 35.5. The third-order valence-corrected chi connectivity index (χ3v) is 3.51. The molecular formula is C16H18ClNO4. The zero-order chi connectivity index (χ0) is 16.3. The average Bonchev–Trinajstić information content (AvgIpc) is 2.68. The molecule has 0 bridgehead atoms. The molecule has 0 unspecified atom stereocenters. The summed E-state index contributed by atoms with van der Waals surface area (Å²) in [4.78, 5) is 25.4. The van der Waals surface area contributed by atoms with Gasteiger partial charge in [0.05, 0.1) is 11.7 Å². The molecule has 1 aromatic carbocycles. The first-order chi connectivity index (χ1) is 10.4. The van der Waals surface area contributed by atoms with Gasteiger partial charge < -0.3 is 9.84 Å². The molecule has 1 heterocycles. The smallest absolute Gasteiger partial charge is 0.296 e. The van der Waals surface area contributed by atoms with E-state index in [-0.39, 0.29) is 18.2 Å². The fourth-order valence-electron chi connectivity index (χ4n) is 2.18. The fraction of sp³-hybridized carbons (Fsp3) is 0.375. The Morgan fingerprint density at radius 3 is 2.41 bits per heavy atom. The molecule has 1 N–H and O–H groups in total. The van der Waals surface area contributed by atoms with Crippen molar-refractivity contribution in [2.24, 2.45) is 0 Å². The highest BCUT2D eigenvalue weighted by molar-refractivity contribution is 6.35. The molecule has 118 valence electrons. The SMILES string of the molecule is CC(C)OCCCN1C(=O)C(O)=C(c2ccc(Cl)cc2)C1=O. The van der Waals surface area contributed by atoms with E-state index in [0.29, 0.717) is 23.6 Å². The molecule has 1 aliphatic heterocycles. The van der Waals surface area contributed by atoms with Crippen LogP contribution in [0, 0.1) is 0 Å². The van der Waals surface area contributed by atoms with Crippen molar-refractivity contribution in [2.45, 2.75) is 26.4 Å². The Kier molecular flexibility index (Phi) is 5.21. The molecule has 5 nitrogen and oxygen atoms in total. The van der Waals surface area contributed by atoms with Gasteiger partial charge >= 0.3 is 0 Å². The van der Waals surface area contributed by atoms with Crippen LogP contribution in [-0.2, 0) is 14.3 Å². The van der Waals surface area contributed by atoms with Gasteiger partial charge in [0.15, 0.2) is 5.76 Å². The Balaban J connectivity index is 2.08. The molecule has 1 aliphatic rings. The van der Waals surface area contributed by atoms with Gasteiger partial charge in [-0.05, 0) is 38.0 Å². The molecule has 0 atom stereocenters. The number of benzene rings is 1. The van der Waals surface area contributed by atoms with E-state index in [2.05, 4.69) is 0 Å². The van der Waals surface area contributed by atoms with Crippen molar-refractivity contribution in [3.8, 4) is 0 Å². The van der Waals surface area contributed by atoms with Crippen molar-refractivity contribution in [2.75, 3.05) is 13.2 Å². The summed E-state index contributed by atoms with van der Waals surface area (Å²) in [7, 11) is 0. The normalized spacial score (nSPS) is 15.4. The highest BCUT2D eigenvalue weighted by Crippen LogP contribution is 2.28. The summed E-state index contributed by atoms with van der Waals surface area (Å²) in [5.41, 5.74) is 0.493. The van der Waals surface area contributed by atoms with Crippen LogP contribution in [0.25, 0.3) is 5.57 Å². The van der Waals surface area contributed by atoms with Crippen LogP contribution in [0.5, 0.6) is 0 Å². The molecule has 0 saturated heterocycles.